The van der Waals surface area contributed by atoms with Crippen LogP contribution >= 0.6 is 11.3 Å². The van der Waals surface area contributed by atoms with Crippen LogP contribution in [0.15, 0.2) is 0 Å². The molecule has 5 heteroatoms. The molecule has 1 aromatic rings. The van der Waals surface area contributed by atoms with Gasteiger partial charge in [0.25, 0.3) is 0 Å². The second-order valence-electron chi connectivity index (χ2n) is 3.85. The Morgan fingerprint density at radius 2 is 2.18 bits per heavy atom. The Bertz CT molecular complexity index is 445. The molecule has 1 amide bonds. The van der Waals surface area contributed by atoms with E-state index in [0.29, 0.717) is 17.0 Å². The minimum absolute atomic E-state index is 0.0296. The zero-order valence-corrected chi connectivity index (χ0v) is 11.2. The number of hydrogen-bond donors (Lipinski definition) is 2. The molecule has 0 atom stereocenters. The van der Waals surface area contributed by atoms with Gasteiger partial charge >= 0.3 is 0 Å². The number of carbonyl (C=O) groups excluding carboxylic acids is 1. The Hall–Kier alpha value is -1.38. The van der Waals surface area contributed by atoms with E-state index in [4.69, 9.17) is 5.26 Å². The highest BCUT2D eigenvalue weighted by atomic mass is 32.1. The molecule has 0 aliphatic carbocycles. The Labute approximate surface area is 106 Å². The first kappa shape index (κ1) is 13.7. The van der Waals surface area contributed by atoms with Gasteiger partial charge in [-0.25, -0.2) is 0 Å². The van der Waals surface area contributed by atoms with E-state index in [0.717, 1.165) is 23.4 Å². The van der Waals surface area contributed by atoms with Gasteiger partial charge in [-0.1, -0.05) is 0 Å². The molecule has 0 fully saturated rings. The van der Waals surface area contributed by atoms with E-state index in [9.17, 15) is 4.79 Å². The fraction of sp³-hybridized carbons (Fsp3) is 0.500. The van der Waals surface area contributed by atoms with Crippen molar-refractivity contribution < 1.29 is 4.79 Å². The summed E-state index contributed by atoms with van der Waals surface area (Å²) in [7, 11) is 1.86. The lowest BCUT2D eigenvalue weighted by atomic mass is 10.2. The van der Waals surface area contributed by atoms with Crippen LogP contribution in [0.5, 0.6) is 0 Å². The molecule has 0 aliphatic heterocycles. The van der Waals surface area contributed by atoms with Gasteiger partial charge in [-0.05, 0) is 39.4 Å². The number of carbonyl (C=O) groups is 1. The molecule has 1 heterocycles. The van der Waals surface area contributed by atoms with E-state index in [2.05, 4.69) is 16.7 Å². The largest absolute Gasteiger partial charge is 0.320 e. The molecular weight excluding hydrogens is 234 g/mol. The van der Waals surface area contributed by atoms with Gasteiger partial charge < -0.3 is 10.6 Å². The van der Waals surface area contributed by atoms with Crippen molar-refractivity contribution in [2.45, 2.75) is 26.7 Å². The van der Waals surface area contributed by atoms with E-state index < -0.39 is 0 Å². The molecule has 0 unspecified atom stereocenters. The smallest absolute Gasteiger partial charge is 0.225 e. The highest BCUT2D eigenvalue weighted by molar-refractivity contribution is 7.16. The molecule has 92 valence electrons. The van der Waals surface area contributed by atoms with E-state index in [1.54, 1.807) is 0 Å². The predicted octanol–water partition coefficient (Wildman–Crippen LogP) is 2.17. The van der Waals surface area contributed by atoms with Crippen molar-refractivity contribution in [2.75, 3.05) is 18.9 Å². The quantitative estimate of drug-likeness (QED) is 0.788. The van der Waals surface area contributed by atoms with E-state index >= 15 is 0 Å². The molecule has 0 saturated carbocycles. The van der Waals surface area contributed by atoms with Crippen LogP contribution in [0.1, 0.15) is 28.8 Å². The first-order valence-corrected chi connectivity index (χ1v) is 6.36. The lowest BCUT2D eigenvalue weighted by Crippen LogP contribution is -2.15. The van der Waals surface area contributed by atoms with Crippen LogP contribution < -0.4 is 10.6 Å². The van der Waals surface area contributed by atoms with Gasteiger partial charge in [-0.3, -0.25) is 4.79 Å². The second kappa shape index (κ2) is 6.38. The summed E-state index contributed by atoms with van der Waals surface area (Å²) in [6, 6.07) is 2.14. The summed E-state index contributed by atoms with van der Waals surface area (Å²) >= 11 is 1.46. The maximum Gasteiger partial charge on any atom is 0.225 e. The molecule has 0 spiro atoms. The van der Waals surface area contributed by atoms with Crippen LogP contribution in [0.25, 0.3) is 0 Å². The standard InChI is InChI=1S/C12H17N3OS/c1-8-9(2)17-12(10(8)7-13)15-11(16)5-4-6-14-3/h14H,4-6H2,1-3H3,(H,15,16). The summed E-state index contributed by atoms with van der Waals surface area (Å²) in [6.45, 7) is 4.68. The average molecular weight is 251 g/mol. The van der Waals surface area contributed by atoms with Crippen molar-refractivity contribution in [3.05, 3.63) is 16.0 Å². The fourth-order valence-corrected chi connectivity index (χ4v) is 2.49. The Balaban J connectivity index is 2.66. The van der Waals surface area contributed by atoms with E-state index in [1.165, 1.54) is 11.3 Å². The zero-order valence-electron chi connectivity index (χ0n) is 10.4. The average Bonchev–Trinajstić information content (AvgIpc) is 2.54. The Morgan fingerprint density at radius 1 is 1.47 bits per heavy atom. The maximum absolute atomic E-state index is 11.6. The van der Waals surface area contributed by atoms with Gasteiger partial charge in [-0.2, -0.15) is 5.26 Å². The molecule has 0 bridgehead atoms. The number of anilines is 1. The summed E-state index contributed by atoms with van der Waals surface area (Å²) in [4.78, 5) is 12.7. The van der Waals surface area contributed by atoms with Crippen LogP contribution in [-0.4, -0.2) is 19.5 Å². The van der Waals surface area contributed by atoms with Crippen LogP contribution in [0.2, 0.25) is 0 Å². The molecule has 0 saturated heterocycles. The molecular formula is C12H17N3OS. The monoisotopic (exact) mass is 251 g/mol. The summed E-state index contributed by atoms with van der Waals surface area (Å²) < 4.78 is 0. The summed E-state index contributed by atoms with van der Waals surface area (Å²) in [6.07, 6.45) is 1.27. The number of thiophene rings is 1. The minimum atomic E-state index is -0.0296. The Morgan fingerprint density at radius 3 is 2.76 bits per heavy atom. The maximum atomic E-state index is 11.6. The molecule has 1 rings (SSSR count). The summed E-state index contributed by atoms with van der Waals surface area (Å²) in [5.74, 6) is -0.0296. The number of rotatable bonds is 5. The van der Waals surface area contributed by atoms with Crippen LogP contribution in [-0.2, 0) is 4.79 Å². The lowest BCUT2D eigenvalue weighted by molar-refractivity contribution is -0.116. The van der Waals surface area contributed by atoms with Gasteiger partial charge in [0, 0.05) is 11.3 Å². The normalized spacial score (nSPS) is 10.0. The number of hydrogen-bond acceptors (Lipinski definition) is 4. The van der Waals surface area contributed by atoms with Gasteiger partial charge in [0.2, 0.25) is 5.91 Å². The highest BCUT2D eigenvalue weighted by Crippen LogP contribution is 2.31. The number of aryl methyl sites for hydroxylation is 1. The number of nitrogens with zero attached hydrogens (tertiary/aromatic N) is 1. The van der Waals surface area contributed by atoms with Crippen molar-refractivity contribution in [1.29, 1.82) is 5.26 Å². The van der Waals surface area contributed by atoms with Crippen molar-refractivity contribution >= 4 is 22.2 Å². The molecule has 2 N–H and O–H groups in total. The Kier molecular flexibility index (Phi) is 5.13. The fourth-order valence-electron chi connectivity index (χ4n) is 1.46. The van der Waals surface area contributed by atoms with Crippen molar-refractivity contribution in [1.82, 2.24) is 5.32 Å². The van der Waals surface area contributed by atoms with Gasteiger partial charge in [0.1, 0.15) is 11.1 Å². The third-order valence-electron chi connectivity index (χ3n) is 2.58. The van der Waals surface area contributed by atoms with Crippen LogP contribution in [0.3, 0.4) is 0 Å². The third kappa shape index (κ3) is 3.55. The van der Waals surface area contributed by atoms with E-state index in [1.807, 2.05) is 20.9 Å². The van der Waals surface area contributed by atoms with E-state index in [-0.39, 0.29) is 5.91 Å². The lowest BCUT2D eigenvalue weighted by Gasteiger charge is -2.03. The predicted molar refractivity (Wildman–Crippen MR) is 70.3 cm³/mol. The van der Waals surface area contributed by atoms with Crippen molar-refractivity contribution in [2.24, 2.45) is 0 Å². The van der Waals surface area contributed by atoms with Gasteiger partial charge in [0.15, 0.2) is 0 Å². The highest BCUT2D eigenvalue weighted by Gasteiger charge is 2.14. The van der Waals surface area contributed by atoms with Gasteiger partial charge in [0.05, 0.1) is 5.56 Å². The summed E-state index contributed by atoms with van der Waals surface area (Å²) in [5, 5.41) is 15.5. The zero-order chi connectivity index (χ0) is 12.8. The first-order chi connectivity index (χ1) is 8.10. The number of nitriles is 1. The molecule has 0 aliphatic rings. The van der Waals surface area contributed by atoms with Crippen LogP contribution in [0.4, 0.5) is 5.00 Å². The van der Waals surface area contributed by atoms with Gasteiger partial charge in [-0.15, -0.1) is 11.3 Å². The molecule has 17 heavy (non-hydrogen) atoms. The SMILES string of the molecule is CNCCCC(=O)Nc1sc(C)c(C)c1C#N. The molecule has 4 nitrogen and oxygen atoms in total. The first-order valence-electron chi connectivity index (χ1n) is 5.54. The second-order valence-corrected chi connectivity index (χ2v) is 5.08. The summed E-state index contributed by atoms with van der Waals surface area (Å²) in [5.41, 5.74) is 1.55. The van der Waals surface area contributed by atoms with Crippen LogP contribution in [0, 0.1) is 25.2 Å². The number of amides is 1. The molecule has 0 radical (unpaired) electrons. The number of nitrogens with one attached hydrogen (secondary N) is 2. The topological polar surface area (TPSA) is 64.9 Å². The van der Waals surface area contributed by atoms with Crippen molar-refractivity contribution in [3.63, 3.8) is 0 Å². The third-order valence-corrected chi connectivity index (χ3v) is 3.70. The molecule has 0 aromatic carbocycles. The minimum Gasteiger partial charge on any atom is -0.320 e. The molecule has 1 aromatic heterocycles. The van der Waals surface area contributed by atoms with Crippen molar-refractivity contribution in [3.8, 4) is 6.07 Å².